The second kappa shape index (κ2) is 7.57. The Hall–Kier alpha value is -3.06. The van der Waals surface area contributed by atoms with E-state index in [4.69, 9.17) is 0 Å². The predicted octanol–water partition coefficient (Wildman–Crippen LogP) is 5.09. The molecule has 2 heterocycles. The summed E-state index contributed by atoms with van der Waals surface area (Å²) in [6.07, 6.45) is 3.77. The minimum atomic E-state index is -0.238. The SMILES string of the molecule is CC1CC(c2cccc(NC(=O)c3cc(Br)c4ccccc4n3)c2)(c2nncn2C)C1. The number of amides is 1. The van der Waals surface area contributed by atoms with Crippen molar-refractivity contribution in [1.82, 2.24) is 19.7 Å². The first kappa shape index (κ1) is 19.9. The van der Waals surface area contributed by atoms with E-state index in [-0.39, 0.29) is 11.3 Å². The maximum Gasteiger partial charge on any atom is 0.274 e. The number of nitrogens with zero attached hydrogens (tertiary/aromatic N) is 4. The average Bonchev–Trinajstić information content (AvgIpc) is 3.17. The van der Waals surface area contributed by atoms with E-state index in [0.717, 1.165) is 45.3 Å². The van der Waals surface area contributed by atoms with Gasteiger partial charge in [-0.2, -0.15) is 0 Å². The lowest BCUT2D eigenvalue weighted by Crippen LogP contribution is -2.43. The van der Waals surface area contributed by atoms with Crippen LogP contribution < -0.4 is 5.32 Å². The summed E-state index contributed by atoms with van der Waals surface area (Å²) in [4.78, 5) is 17.5. The monoisotopic (exact) mass is 475 g/mol. The fourth-order valence-electron chi connectivity index (χ4n) is 4.73. The molecule has 5 rings (SSSR count). The average molecular weight is 476 g/mol. The largest absolute Gasteiger partial charge is 0.321 e. The molecule has 0 saturated heterocycles. The molecule has 6 nitrogen and oxygen atoms in total. The van der Waals surface area contributed by atoms with Crippen LogP contribution in [0.15, 0.2) is 65.4 Å². The van der Waals surface area contributed by atoms with Crippen molar-refractivity contribution in [2.45, 2.75) is 25.2 Å². The molecule has 0 atom stereocenters. The molecule has 0 spiro atoms. The molecule has 31 heavy (non-hydrogen) atoms. The van der Waals surface area contributed by atoms with Crippen LogP contribution in [0.3, 0.4) is 0 Å². The summed E-state index contributed by atoms with van der Waals surface area (Å²) in [5, 5.41) is 12.5. The van der Waals surface area contributed by atoms with Gasteiger partial charge in [0.15, 0.2) is 0 Å². The van der Waals surface area contributed by atoms with Gasteiger partial charge < -0.3 is 9.88 Å². The Kier molecular flexibility index (Phi) is 4.85. The number of pyridine rings is 1. The van der Waals surface area contributed by atoms with Gasteiger partial charge in [-0.1, -0.05) is 53.2 Å². The number of benzene rings is 2. The molecular weight excluding hydrogens is 454 g/mol. The number of nitrogens with one attached hydrogen (secondary N) is 1. The lowest BCUT2D eigenvalue weighted by Gasteiger charge is -2.46. The van der Waals surface area contributed by atoms with Crippen LogP contribution in [-0.2, 0) is 12.5 Å². The standard InChI is InChI=1S/C24H22BrN5O/c1-15-12-24(13-15,23-29-26-14-30(23)2)16-6-5-7-17(10-16)27-22(31)21-11-19(25)18-8-3-4-9-20(18)28-21/h3-11,14-15H,12-13H2,1-2H3,(H,27,31). The second-order valence-electron chi connectivity index (χ2n) is 8.40. The summed E-state index contributed by atoms with van der Waals surface area (Å²) in [6.45, 7) is 2.25. The lowest BCUT2D eigenvalue weighted by atomic mass is 9.58. The van der Waals surface area contributed by atoms with Gasteiger partial charge in [0.05, 0.1) is 10.9 Å². The number of para-hydroxylation sites is 1. The van der Waals surface area contributed by atoms with Crippen molar-refractivity contribution in [3.8, 4) is 0 Å². The number of hydrogen-bond donors (Lipinski definition) is 1. The van der Waals surface area contributed by atoms with Crippen LogP contribution >= 0.6 is 15.9 Å². The molecule has 1 amide bonds. The maximum atomic E-state index is 13.0. The molecular formula is C24H22BrN5O. The molecule has 0 radical (unpaired) electrons. The molecule has 2 aromatic heterocycles. The van der Waals surface area contributed by atoms with E-state index < -0.39 is 0 Å². The number of fused-ring (bicyclic) bond motifs is 1. The lowest BCUT2D eigenvalue weighted by molar-refractivity contribution is 0.102. The highest BCUT2D eigenvalue weighted by Crippen LogP contribution is 2.51. The van der Waals surface area contributed by atoms with Crippen molar-refractivity contribution in [2.75, 3.05) is 5.32 Å². The van der Waals surface area contributed by atoms with E-state index in [9.17, 15) is 4.79 Å². The van der Waals surface area contributed by atoms with Gasteiger partial charge >= 0.3 is 0 Å². The zero-order valence-electron chi connectivity index (χ0n) is 17.3. The van der Waals surface area contributed by atoms with Crippen LogP contribution in [0.1, 0.15) is 41.6 Å². The van der Waals surface area contributed by atoms with E-state index in [1.54, 1.807) is 12.4 Å². The summed E-state index contributed by atoms with van der Waals surface area (Å²) in [5.74, 6) is 1.35. The Morgan fingerprint density at radius 2 is 1.97 bits per heavy atom. The topological polar surface area (TPSA) is 72.7 Å². The van der Waals surface area contributed by atoms with Crippen molar-refractivity contribution >= 4 is 38.4 Å². The first-order chi connectivity index (χ1) is 15.0. The van der Waals surface area contributed by atoms with Crippen LogP contribution in [-0.4, -0.2) is 25.7 Å². The van der Waals surface area contributed by atoms with Gasteiger partial charge in [-0.05, 0) is 48.6 Å². The smallest absolute Gasteiger partial charge is 0.274 e. The first-order valence-corrected chi connectivity index (χ1v) is 11.1. The molecule has 0 bridgehead atoms. The third-order valence-corrected chi connectivity index (χ3v) is 6.76. The Morgan fingerprint density at radius 3 is 2.71 bits per heavy atom. The summed E-state index contributed by atoms with van der Waals surface area (Å²) < 4.78 is 2.84. The Bertz CT molecular complexity index is 1290. The molecule has 1 saturated carbocycles. The number of halogens is 1. The van der Waals surface area contributed by atoms with E-state index in [1.807, 2.05) is 48.0 Å². The van der Waals surface area contributed by atoms with Gasteiger partial charge in [0.25, 0.3) is 5.91 Å². The molecule has 1 aliphatic carbocycles. The zero-order chi connectivity index (χ0) is 21.6. The number of aryl methyl sites for hydroxylation is 1. The normalized spacial score (nSPS) is 20.4. The van der Waals surface area contributed by atoms with Crippen molar-refractivity contribution in [1.29, 1.82) is 0 Å². The molecule has 156 valence electrons. The zero-order valence-corrected chi connectivity index (χ0v) is 18.9. The van der Waals surface area contributed by atoms with Gasteiger partial charge in [0.1, 0.15) is 17.8 Å². The van der Waals surface area contributed by atoms with Gasteiger partial charge in [-0.25, -0.2) is 4.98 Å². The number of aromatic nitrogens is 4. The van der Waals surface area contributed by atoms with Gasteiger partial charge in [0, 0.05) is 22.6 Å². The summed E-state index contributed by atoms with van der Waals surface area (Å²) >= 11 is 3.56. The molecule has 0 aliphatic heterocycles. The minimum absolute atomic E-state index is 0.171. The Labute approximate surface area is 188 Å². The fourth-order valence-corrected chi connectivity index (χ4v) is 5.28. The quantitative estimate of drug-likeness (QED) is 0.445. The molecule has 7 heteroatoms. The Balaban J connectivity index is 1.46. The van der Waals surface area contributed by atoms with Crippen molar-refractivity contribution in [3.63, 3.8) is 0 Å². The number of carbonyl (C=O) groups is 1. The highest BCUT2D eigenvalue weighted by molar-refractivity contribution is 9.10. The highest BCUT2D eigenvalue weighted by Gasteiger charge is 2.48. The highest BCUT2D eigenvalue weighted by atomic mass is 79.9. The number of carbonyl (C=O) groups excluding carboxylic acids is 1. The summed E-state index contributed by atoms with van der Waals surface area (Å²) in [7, 11) is 1.98. The van der Waals surface area contributed by atoms with Crippen molar-refractivity contribution < 1.29 is 4.79 Å². The van der Waals surface area contributed by atoms with Gasteiger partial charge in [-0.15, -0.1) is 10.2 Å². The van der Waals surface area contributed by atoms with Gasteiger partial charge in [-0.3, -0.25) is 4.79 Å². The molecule has 1 aliphatic rings. The van der Waals surface area contributed by atoms with Crippen LogP contribution in [0.25, 0.3) is 10.9 Å². The molecule has 1 N–H and O–H groups in total. The summed E-state index contributed by atoms with van der Waals surface area (Å²) in [5.41, 5.74) is 2.87. The van der Waals surface area contributed by atoms with E-state index >= 15 is 0 Å². The number of hydrogen-bond acceptors (Lipinski definition) is 4. The van der Waals surface area contributed by atoms with Crippen molar-refractivity contribution in [2.24, 2.45) is 13.0 Å². The summed E-state index contributed by atoms with van der Waals surface area (Å²) in [6, 6.07) is 17.6. The maximum absolute atomic E-state index is 13.0. The predicted molar refractivity (Wildman–Crippen MR) is 124 cm³/mol. The van der Waals surface area contributed by atoms with Crippen molar-refractivity contribution in [3.05, 3.63) is 82.5 Å². The van der Waals surface area contributed by atoms with E-state index in [0.29, 0.717) is 11.6 Å². The number of anilines is 1. The van der Waals surface area contributed by atoms with Crippen LogP contribution in [0.5, 0.6) is 0 Å². The molecule has 0 unspecified atom stereocenters. The fraction of sp³-hybridized carbons (Fsp3) is 0.250. The van der Waals surface area contributed by atoms with Crippen LogP contribution in [0.4, 0.5) is 5.69 Å². The number of rotatable bonds is 4. The third-order valence-electron chi connectivity index (χ3n) is 6.10. The third kappa shape index (κ3) is 3.43. The van der Waals surface area contributed by atoms with Crippen LogP contribution in [0, 0.1) is 5.92 Å². The van der Waals surface area contributed by atoms with Crippen LogP contribution in [0.2, 0.25) is 0 Å². The molecule has 1 fully saturated rings. The molecule has 4 aromatic rings. The second-order valence-corrected chi connectivity index (χ2v) is 9.26. The van der Waals surface area contributed by atoms with E-state index in [2.05, 4.69) is 55.5 Å². The first-order valence-electron chi connectivity index (χ1n) is 10.3. The van der Waals surface area contributed by atoms with E-state index in [1.165, 1.54) is 0 Å². The molecule has 2 aromatic carbocycles. The Morgan fingerprint density at radius 1 is 1.16 bits per heavy atom. The minimum Gasteiger partial charge on any atom is -0.321 e. The van der Waals surface area contributed by atoms with Gasteiger partial charge in [0.2, 0.25) is 0 Å².